The van der Waals surface area contributed by atoms with Gasteiger partial charge in [0, 0.05) is 48.8 Å². The van der Waals surface area contributed by atoms with E-state index in [1.807, 2.05) is 0 Å². The number of methoxy groups -OCH3 is 1. The van der Waals surface area contributed by atoms with Gasteiger partial charge in [0.15, 0.2) is 0 Å². The molecule has 1 fully saturated rings. The van der Waals surface area contributed by atoms with Crippen molar-refractivity contribution in [1.29, 1.82) is 0 Å². The second-order valence-electron chi connectivity index (χ2n) is 7.93. The van der Waals surface area contributed by atoms with Crippen molar-refractivity contribution >= 4 is 34.3 Å². The Morgan fingerprint density at radius 3 is 2.73 bits per heavy atom. The molecule has 0 saturated carbocycles. The molecule has 172 valence electrons. The number of nitrogens with zero attached hydrogens (tertiary/aromatic N) is 3. The zero-order chi connectivity index (χ0) is 23.8. The molecule has 7 nitrogen and oxygen atoms in total. The summed E-state index contributed by atoms with van der Waals surface area (Å²) in [4.78, 5) is 34.9. The first-order valence-electron chi connectivity index (χ1n) is 10.3. The van der Waals surface area contributed by atoms with Crippen LogP contribution in [-0.4, -0.2) is 48.0 Å². The maximum atomic E-state index is 14.1. The molecule has 1 aliphatic heterocycles. The maximum Gasteiger partial charge on any atom is 0.356 e. The maximum absolute atomic E-state index is 14.1. The first-order valence-corrected chi connectivity index (χ1v) is 10.3. The topological polar surface area (TPSA) is 84.4 Å². The van der Waals surface area contributed by atoms with Gasteiger partial charge < -0.3 is 15.0 Å². The number of aromatic nitrogens is 2. The molecule has 33 heavy (non-hydrogen) atoms. The average molecular weight is 458 g/mol. The number of amides is 1. The summed E-state index contributed by atoms with van der Waals surface area (Å²) in [5, 5.41) is 3.20. The number of carbonyl (C=O) groups excluding carboxylic acids is 2. The number of ether oxygens (including phenoxy) is 1. The number of esters is 1. The van der Waals surface area contributed by atoms with Gasteiger partial charge in [-0.15, -0.1) is 0 Å². The Hall–Kier alpha value is -3.69. The molecule has 2 aromatic heterocycles. The molecule has 0 aliphatic carbocycles. The summed E-state index contributed by atoms with van der Waals surface area (Å²) < 4.78 is 46.5. The van der Waals surface area contributed by atoms with Gasteiger partial charge in [0.1, 0.15) is 17.3 Å². The largest absolute Gasteiger partial charge is 0.464 e. The second kappa shape index (κ2) is 8.68. The van der Waals surface area contributed by atoms with Crippen LogP contribution < -0.4 is 10.2 Å². The Kier molecular flexibility index (Phi) is 5.92. The van der Waals surface area contributed by atoms with Crippen LogP contribution in [0.1, 0.15) is 34.2 Å². The summed E-state index contributed by atoms with van der Waals surface area (Å²) >= 11 is 0. The number of pyridine rings is 2. The minimum atomic E-state index is -2.82. The number of nitrogens with one attached hydrogen (secondary N) is 1. The smallest absolute Gasteiger partial charge is 0.356 e. The van der Waals surface area contributed by atoms with Gasteiger partial charge >= 0.3 is 5.97 Å². The minimum Gasteiger partial charge on any atom is -0.464 e. The SMILES string of the molecule is COC(=O)c1cc(NC(=O)c2cc3ccc(F)cc3nc2N2CCC(F)(F)C(C)C2)ccn1. The molecule has 0 spiro atoms. The van der Waals surface area contributed by atoms with Gasteiger partial charge in [0.25, 0.3) is 11.8 Å². The summed E-state index contributed by atoms with van der Waals surface area (Å²) in [5.41, 5.74) is 0.750. The highest BCUT2D eigenvalue weighted by Crippen LogP contribution is 2.36. The highest BCUT2D eigenvalue weighted by Gasteiger charge is 2.42. The van der Waals surface area contributed by atoms with Crippen LogP contribution >= 0.6 is 0 Å². The quantitative estimate of drug-likeness (QED) is 0.588. The van der Waals surface area contributed by atoms with Gasteiger partial charge in [-0.2, -0.15) is 0 Å². The lowest BCUT2D eigenvalue weighted by Gasteiger charge is -2.38. The number of anilines is 2. The lowest BCUT2D eigenvalue weighted by atomic mass is 9.95. The van der Waals surface area contributed by atoms with Crippen LogP contribution in [0, 0.1) is 11.7 Å². The predicted octanol–water partition coefficient (Wildman–Crippen LogP) is 4.29. The van der Waals surface area contributed by atoms with Gasteiger partial charge in [-0.05, 0) is 30.3 Å². The third-order valence-electron chi connectivity index (χ3n) is 5.65. The van der Waals surface area contributed by atoms with Crippen LogP contribution in [0.15, 0.2) is 42.6 Å². The highest BCUT2D eigenvalue weighted by atomic mass is 19.3. The third kappa shape index (κ3) is 4.59. The standard InChI is InChI=1S/C23H21F3N4O3/c1-13-12-30(8-6-23(13,25)26)20-17(9-14-3-4-15(24)10-18(14)29-20)21(31)28-16-5-7-27-19(11-16)22(32)33-2/h3-5,7,9-11,13H,6,8,12H2,1-2H3,(H,27,28,31). The number of hydrogen-bond acceptors (Lipinski definition) is 6. The zero-order valence-corrected chi connectivity index (χ0v) is 17.9. The van der Waals surface area contributed by atoms with Crippen molar-refractivity contribution in [2.75, 3.05) is 30.4 Å². The number of hydrogen-bond donors (Lipinski definition) is 1. The number of rotatable bonds is 4. The van der Waals surface area contributed by atoms with Crippen molar-refractivity contribution in [3.05, 3.63) is 59.7 Å². The molecular formula is C23H21F3N4O3. The second-order valence-corrected chi connectivity index (χ2v) is 7.93. The number of halogens is 3. The van der Waals surface area contributed by atoms with Crippen molar-refractivity contribution in [2.24, 2.45) is 5.92 Å². The van der Waals surface area contributed by atoms with E-state index in [9.17, 15) is 22.8 Å². The number of fused-ring (bicyclic) bond motifs is 1. The predicted molar refractivity (Wildman–Crippen MR) is 116 cm³/mol. The molecule has 1 aromatic carbocycles. The minimum absolute atomic E-state index is 0.00676. The molecular weight excluding hydrogens is 437 g/mol. The van der Waals surface area contributed by atoms with E-state index in [2.05, 4.69) is 20.0 Å². The Morgan fingerprint density at radius 2 is 2.00 bits per heavy atom. The van der Waals surface area contributed by atoms with Crippen LogP contribution in [0.5, 0.6) is 0 Å². The van der Waals surface area contributed by atoms with Gasteiger partial charge in [-0.1, -0.05) is 6.92 Å². The molecule has 3 aromatic rings. The molecule has 10 heteroatoms. The Bertz CT molecular complexity index is 1230. The fraction of sp³-hybridized carbons (Fsp3) is 0.304. The molecule has 1 atom stereocenters. The van der Waals surface area contributed by atoms with Gasteiger partial charge in [-0.25, -0.2) is 27.9 Å². The van der Waals surface area contributed by atoms with Crippen molar-refractivity contribution < 1.29 is 27.5 Å². The number of alkyl halides is 2. The molecule has 1 N–H and O–H groups in total. The highest BCUT2D eigenvalue weighted by molar-refractivity contribution is 6.09. The van der Waals surface area contributed by atoms with Gasteiger partial charge in [0.2, 0.25) is 0 Å². The molecule has 0 radical (unpaired) electrons. The van der Waals surface area contributed by atoms with Crippen LogP contribution in [0.4, 0.5) is 24.7 Å². The fourth-order valence-corrected chi connectivity index (χ4v) is 3.74. The molecule has 1 aliphatic rings. The summed E-state index contributed by atoms with van der Waals surface area (Å²) in [5.74, 6) is -5.29. The van der Waals surface area contributed by atoms with Crippen LogP contribution in [0.2, 0.25) is 0 Å². The summed E-state index contributed by atoms with van der Waals surface area (Å²) in [6.45, 7) is 1.42. The van der Waals surface area contributed by atoms with Gasteiger partial charge in [-0.3, -0.25) is 4.79 Å². The van der Waals surface area contributed by atoms with Crippen molar-refractivity contribution in [3.63, 3.8) is 0 Å². The van der Waals surface area contributed by atoms with E-state index in [0.29, 0.717) is 16.6 Å². The first-order chi connectivity index (χ1) is 15.7. The van der Waals surface area contributed by atoms with E-state index in [1.165, 1.54) is 50.6 Å². The monoisotopic (exact) mass is 458 g/mol. The molecule has 1 saturated heterocycles. The number of benzene rings is 1. The first kappa shape index (κ1) is 22.5. The molecule has 1 unspecified atom stereocenters. The van der Waals surface area contributed by atoms with E-state index in [0.717, 1.165) is 0 Å². The Morgan fingerprint density at radius 1 is 1.21 bits per heavy atom. The molecule has 3 heterocycles. The Labute approximate surface area is 187 Å². The number of carbonyl (C=O) groups is 2. The fourth-order valence-electron chi connectivity index (χ4n) is 3.74. The van der Waals surface area contributed by atoms with Crippen LogP contribution in [-0.2, 0) is 4.74 Å². The third-order valence-corrected chi connectivity index (χ3v) is 5.65. The van der Waals surface area contributed by atoms with Gasteiger partial charge in [0.05, 0.1) is 18.2 Å². The van der Waals surface area contributed by atoms with Crippen molar-refractivity contribution in [1.82, 2.24) is 9.97 Å². The number of piperidine rings is 1. The van der Waals surface area contributed by atoms with Crippen LogP contribution in [0.3, 0.4) is 0 Å². The summed E-state index contributed by atoms with van der Waals surface area (Å²) in [7, 11) is 1.22. The van der Waals surface area contributed by atoms with E-state index in [4.69, 9.17) is 0 Å². The van der Waals surface area contributed by atoms with Crippen molar-refractivity contribution in [2.45, 2.75) is 19.3 Å². The molecule has 1 amide bonds. The zero-order valence-electron chi connectivity index (χ0n) is 17.9. The van der Waals surface area contributed by atoms with Crippen molar-refractivity contribution in [3.8, 4) is 0 Å². The van der Waals surface area contributed by atoms with E-state index in [-0.39, 0.29) is 36.6 Å². The van der Waals surface area contributed by atoms with Crippen LogP contribution in [0.25, 0.3) is 10.9 Å². The Balaban J connectivity index is 1.72. The summed E-state index contributed by atoms with van der Waals surface area (Å²) in [6, 6.07) is 8.38. The van der Waals surface area contributed by atoms with E-state index >= 15 is 0 Å². The lowest BCUT2D eigenvalue weighted by molar-refractivity contribution is -0.0652. The van der Waals surface area contributed by atoms with E-state index < -0.39 is 29.5 Å². The van der Waals surface area contributed by atoms with E-state index in [1.54, 1.807) is 11.0 Å². The summed E-state index contributed by atoms with van der Waals surface area (Å²) in [6.07, 6.45) is 0.962. The molecule has 0 bridgehead atoms. The lowest BCUT2D eigenvalue weighted by Crippen LogP contribution is -2.46. The normalized spacial score (nSPS) is 17.6. The average Bonchev–Trinajstić information content (AvgIpc) is 2.79. The molecule has 4 rings (SSSR count).